The molecule has 0 saturated carbocycles. The van der Waals surface area contributed by atoms with E-state index < -0.39 is 11.7 Å². The van der Waals surface area contributed by atoms with E-state index in [0.29, 0.717) is 38.4 Å². The van der Waals surface area contributed by atoms with Gasteiger partial charge in [-0.25, -0.2) is 4.99 Å². The molecule has 0 aliphatic carbocycles. The summed E-state index contributed by atoms with van der Waals surface area (Å²) in [6, 6.07) is 10.8. The fourth-order valence-electron chi connectivity index (χ4n) is 2.75. The minimum Gasteiger partial charge on any atom is -0.357 e. The van der Waals surface area contributed by atoms with Crippen LogP contribution < -0.4 is 10.6 Å². The van der Waals surface area contributed by atoms with Crippen LogP contribution in [0.15, 0.2) is 53.7 Å². The molecule has 1 aromatic heterocycles. The summed E-state index contributed by atoms with van der Waals surface area (Å²) < 4.78 is 37.9. The van der Waals surface area contributed by atoms with Gasteiger partial charge in [0.2, 0.25) is 5.91 Å². The first-order valence-corrected chi connectivity index (χ1v) is 10.1. The Labute approximate surface area is 203 Å². The first kappa shape index (κ1) is 27.7. The quantitative estimate of drug-likeness (QED) is 0.279. The maximum absolute atomic E-state index is 12.6. The van der Waals surface area contributed by atoms with E-state index in [9.17, 15) is 18.0 Å². The number of alkyl halides is 3. The zero-order chi connectivity index (χ0) is 22.7. The Kier molecular flexibility index (Phi) is 12.0. The lowest BCUT2D eigenvalue weighted by Crippen LogP contribution is -2.39. The molecule has 0 atom stereocenters. The Morgan fingerprint density at radius 2 is 1.81 bits per heavy atom. The van der Waals surface area contributed by atoms with Gasteiger partial charge in [0, 0.05) is 45.0 Å². The van der Waals surface area contributed by atoms with Crippen LogP contribution in [0, 0.1) is 0 Å². The summed E-state index contributed by atoms with van der Waals surface area (Å²) in [4.78, 5) is 22.5. The molecule has 0 aliphatic rings. The van der Waals surface area contributed by atoms with Crippen LogP contribution in [0.3, 0.4) is 0 Å². The van der Waals surface area contributed by atoms with Gasteiger partial charge in [-0.1, -0.05) is 18.2 Å². The van der Waals surface area contributed by atoms with E-state index in [1.54, 1.807) is 18.1 Å². The van der Waals surface area contributed by atoms with Crippen molar-refractivity contribution in [1.82, 2.24) is 20.5 Å². The molecule has 1 aromatic carbocycles. The predicted molar refractivity (Wildman–Crippen MR) is 130 cm³/mol. The number of amides is 1. The monoisotopic (exact) mass is 563 g/mol. The van der Waals surface area contributed by atoms with Crippen LogP contribution in [0.5, 0.6) is 0 Å². The van der Waals surface area contributed by atoms with Crippen LogP contribution in [0.25, 0.3) is 0 Å². The van der Waals surface area contributed by atoms with E-state index in [0.717, 1.165) is 23.4 Å². The zero-order valence-corrected chi connectivity index (χ0v) is 20.5. The summed E-state index contributed by atoms with van der Waals surface area (Å²) in [6.07, 6.45) is -1.42. The van der Waals surface area contributed by atoms with Crippen molar-refractivity contribution in [2.45, 2.75) is 25.9 Å². The Morgan fingerprint density at radius 1 is 1.09 bits per heavy atom. The average Bonchev–Trinajstić information content (AvgIpc) is 2.76. The summed E-state index contributed by atoms with van der Waals surface area (Å²) in [5, 5.41) is 6.16. The maximum Gasteiger partial charge on any atom is 0.416 e. The molecule has 0 bridgehead atoms. The highest BCUT2D eigenvalue weighted by Crippen LogP contribution is 2.29. The zero-order valence-electron chi connectivity index (χ0n) is 18.2. The van der Waals surface area contributed by atoms with Gasteiger partial charge in [0.15, 0.2) is 5.96 Å². The van der Waals surface area contributed by atoms with Crippen molar-refractivity contribution < 1.29 is 18.0 Å². The van der Waals surface area contributed by atoms with E-state index >= 15 is 0 Å². The van der Waals surface area contributed by atoms with Crippen LogP contribution in [0.2, 0.25) is 0 Å². The molecule has 0 unspecified atom stereocenters. The summed E-state index contributed by atoms with van der Waals surface area (Å²) in [5.74, 6) is 0.372. The van der Waals surface area contributed by atoms with Crippen molar-refractivity contribution in [3.63, 3.8) is 0 Å². The number of carbonyl (C=O) groups is 1. The first-order valence-electron chi connectivity index (χ1n) is 10.1. The minimum atomic E-state index is -4.33. The van der Waals surface area contributed by atoms with E-state index in [2.05, 4.69) is 20.6 Å². The first-order chi connectivity index (χ1) is 14.8. The standard InChI is InChI=1S/C22H28F3N5O.HI/c1-3-26-21(28-14-11-17-7-9-18(10-8-17)22(23,24)25)29-16-20(31)30(2)15-12-19-6-4-5-13-27-19;/h4-10,13H,3,11-12,14-16H2,1-2H3,(H2,26,28,29);1H. The van der Waals surface area contributed by atoms with Gasteiger partial charge in [-0.15, -0.1) is 24.0 Å². The SMILES string of the molecule is CCNC(=NCC(=O)N(C)CCc1ccccn1)NCCc1ccc(C(F)(F)F)cc1.I. The number of aliphatic imine (C=N–C) groups is 1. The number of benzene rings is 1. The van der Waals surface area contributed by atoms with Crippen molar-refractivity contribution in [3.8, 4) is 0 Å². The molecular formula is C22H29F3IN5O. The number of hydrogen-bond acceptors (Lipinski definition) is 3. The molecule has 6 nitrogen and oxygen atoms in total. The number of hydrogen-bond donors (Lipinski definition) is 2. The molecule has 0 radical (unpaired) electrons. The number of guanidine groups is 1. The van der Waals surface area contributed by atoms with Crippen LogP contribution in [-0.4, -0.2) is 55.0 Å². The number of nitrogens with zero attached hydrogens (tertiary/aromatic N) is 3. The van der Waals surface area contributed by atoms with Crippen molar-refractivity contribution in [2.75, 3.05) is 33.2 Å². The van der Waals surface area contributed by atoms with E-state index in [1.165, 1.54) is 12.1 Å². The lowest BCUT2D eigenvalue weighted by Gasteiger charge is -2.16. The number of rotatable bonds is 9. The van der Waals surface area contributed by atoms with Gasteiger partial charge in [-0.3, -0.25) is 9.78 Å². The smallest absolute Gasteiger partial charge is 0.357 e. The van der Waals surface area contributed by atoms with Crippen LogP contribution >= 0.6 is 24.0 Å². The van der Waals surface area contributed by atoms with Gasteiger partial charge in [0.05, 0.1) is 5.56 Å². The summed E-state index contributed by atoms with van der Waals surface area (Å²) in [5.41, 5.74) is 1.04. The third-order valence-electron chi connectivity index (χ3n) is 4.56. The van der Waals surface area contributed by atoms with E-state index in [1.807, 2.05) is 25.1 Å². The molecule has 32 heavy (non-hydrogen) atoms. The molecule has 1 heterocycles. The van der Waals surface area contributed by atoms with Crippen molar-refractivity contribution >= 4 is 35.8 Å². The molecule has 2 N–H and O–H groups in total. The number of likely N-dealkylation sites (N-methyl/N-ethyl adjacent to an activating group) is 1. The molecule has 0 aliphatic heterocycles. The second-order valence-electron chi connectivity index (χ2n) is 6.95. The number of pyridine rings is 1. The van der Waals surface area contributed by atoms with E-state index in [4.69, 9.17) is 0 Å². The summed E-state index contributed by atoms with van der Waals surface area (Å²) >= 11 is 0. The van der Waals surface area contributed by atoms with Crippen molar-refractivity contribution in [3.05, 3.63) is 65.5 Å². The molecule has 0 fully saturated rings. The van der Waals surface area contributed by atoms with Gasteiger partial charge < -0.3 is 15.5 Å². The highest BCUT2D eigenvalue weighted by molar-refractivity contribution is 14.0. The fraction of sp³-hybridized carbons (Fsp3) is 0.409. The average molecular weight is 563 g/mol. The molecule has 1 amide bonds. The molecule has 176 valence electrons. The van der Waals surface area contributed by atoms with Crippen LogP contribution in [0.4, 0.5) is 13.2 Å². The topological polar surface area (TPSA) is 69.6 Å². The normalized spacial score (nSPS) is 11.5. The highest BCUT2D eigenvalue weighted by atomic mass is 127. The Balaban J connectivity index is 0.00000512. The van der Waals surface area contributed by atoms with Gasteiger partial charge in [0.25, 0.3) is 0 Å². The van der Waals surface area contributed by atoms with Crippen LogP contribution in [0.1, 0.15) is 23.7 Å². The lowest BCUT2D eigenvalue weighted by molar-refractivity contribution is -0.137. The molecular weight excluding hydrogens is 534 g/mol. The number of halogens is 4. The Morgan fingerprint density at radius 3 is 2.41 bits per heavy atom. The third kappa shape index (κ3) is 9.84. The molecule has 2 rings (SSSR count). The Bertz CT molecular complexity index is 845. The second kappa shape index (κ2) is 13.9. The predicted octanol–water partition coefficient (Wildman–Crippen LogP) is 3.52. The summed E-state index contributed by atoms with van der Waals surface area (Å²) in [7, 11) is 1.73. The third-order valence-corrected chi connectivity index (χ3v) is 4.56. The molecule has 0 saturated heterocycles. The van der Waals surface area contributed by atoms with Crippen molar-refractivity contribution in [1.29, 1.82) is 0 Å². The Hall–Kier alpha value is -2.37. The van der Waals surface area contributed by atoms with Gasteiger partial charge in [-0.05, 0) is 43.2 Å². The van der Waals surface area contributed by atoms with Gasteiger partial charge in [-0.2, -0.15) is 13.2 Å². The molecule has 0 spiro atoms. The largest absolute Gasteiger partial charge is 0.416 e. The second-order valence-corrected chi connectivity index (χ2v) is 6.95. The molecule has 2 aromatic rings. The fourth-order valence-corrected chi connectivity index (χ4v) is 2.75. The van der Waals surface area contributed by atoms with E-state index in [-0.39, 0.29) is 36.4 Å². The lowest BCUT2D eigenvalue weighted by atomic mass is 10.1. The number of nitrogens with one attached hydrogen (secondary N) is 2. The van der Waals surface area contributed by atoms with Gasteiger partial charge in [0.1, 0.15) is 6.54 Å². The van der Waals surface area contributed by atoms with Crippen LogP contribution in [-0.2, 0) is 23.8 Å². The van der Waals surface area contributed by atoms with Crippen molar-refractivity contribution in [2.24, 2.45) is 4.99 Å². The van der Waals surface area contributed by atoms with Gasteiger partial charge >= 0.3 is 6.18 Å². The number of aromatic nitrogens is 1. The maximum atomic E-state index is 12.6. The highest BCUT2D eigenvalue weighted by Gasteiger charge is 2.29. The minimum absolute atomic E-state index is 0. The number of carbonyl (C=O) groups excluding carboxylic acids is 1. The molecule has 10 heteroatoms. The summed E-state index contributed by atoms with van der Waals surface area (Å²) in [6.45, 7) is 3.54.